The maximum atomic E-state index is 14.3. The summed E-state index contributed by atoms with van der Waals surface area (Å²) in [7, 11) is 0. The Kier molecular flexibility index (Phi) is 6.76. The van der Waals surface area contributed by atoms with Crippen molar-refractivity contribution in [2.45, 2.75) is 17.8 Å². The van der Waals surface area contributed by atoms with E-state index >= 15 is 0 Å². The molecular formula is C17H9F6I2NO3. The van der Waals surface area contributed by atoms with Gasteiger partial charge in [-0.25, -0.2) is 4.79 Å². The molecule has 0 aliphatic carbocycles. The van der Waals surface area contributed by atoms with Crippen LogP contribution in [-0.4, -0.2) is 34.8 Å². The van der Waals surface area contributed by atoms with Crippen LogP contribution in [0.1, 0.15) is 0 Å². The van der Waals surface area contributed by atoms with E-state index in [1.807, 2.05) is 45.2 Å². The van der Waals surface area contributed by atoms with Crippen LogP contribution in [0.4, 0.5) is 37.7 Å². The van der Waals surface area contributed by atoms with Crippen molar-refractivity contribution in [1.29, 1.82) is 0 Å². The van der Waals surface area contributed by atoms with E-state index in [1.54, 1.807) is 0 Å². The van der Waals surface area contributed by atoms with Gasteiger partial charge in [0.15, 0.2) is 0 Å². The van der Waals surface area contributed by atoms with Gasteiger partial charge < -0.3 is 5.11 Å². The smallest absolute Gasteiger partial charge is 0.411 e. The number of anilines is 2. The number of carbonyl (C=O) groups excluding carboxylic acids is 1. The van der Waals surface area contributed by atoms with Crippen molar-refractivity contribution in [2.24, 2.45) is 0 Å². The van der Waals surface area contributed by atoms with Gasteiger partial charge in [-0.05, 0) is 93.7 Å². The molecule has 0 spiro atoms. The Morgan fingerprint density at radius 3 is 1.38 bits per heavy atom. The van der Waals surface area contributed by atoms with Gasteiger partial charge in [-0.3, -0.25) is 9.69 Å². The highest BCUT2D eigenvalue weighted by molar-refractivity contribution is 14.1. The number of benzene rings is 2. The van der Waals surface area contributed by atoms with E-state index in [4.69, 9.17) is 5.11 Å². The monoisotopic (exact) mass is 643 g/mol. The summed E-state index contributed by atoms with van der Waals surface area (Å²) < 4.78 is 84.4. The van der Waals surface area contributed by atoms with Crippen LogP contribution in [0.5, 0.6) is 0 Å². The molecule has 0 bridgehead atoms. The highest BCUT2D eigenvalue weighted by Gasteiger charge is 2.79. The maximum Gasteiger partial charge on any atom is 0.411 e. The van der Waals surface area contributed by atoms with Gasteiger partial charge in [0.05, 0.1) is 0 Å². The van der Waals surface area contributed by atoms with Gasteiger partial charge >= 0.3 is 29.6 Å². The minimum Gasteiger partial charge on any atom is -0.477 e. The Morgan fingerprint density at radius 2 is 1.07 bits per heavy atom. The van der Waals surface area contributed by atoms with Gasteiger partial charge in [0, 0.05) is 18.5 Å². The van der Waals surface area contributed by atoms with E-state index in [9.17, 15) is 35.9 Å². The molecule has 0 saturated carbocycles. The molecular weight excluding hydrogens is 634 g/mol. The molecule has 0 aromatic heterocycles. The third kappa shape index (κ3) is 4.32. The Balaban J connectivity index is 2.63. The lowest BCUT2D eigenvalue weighted by Crippen LogP contribution is -2.63. The Hall–Kier alpha value is -1.58. The molecule has 12 heteroatoms. The van der Waals surface area contributed by atoms with Crippen molar-refractivity contribution in [2.75, 3.05) is 4.90 Å². The molecule has 0 aliphatic heterocycles. The Morgan fingerprint density at radius 1 is 0.724 bits per heavy atom. The van der Waals surface area contributed by atoms with E-state index in [2.05, 4.69) is 0 Å². The fraction of sp³-hybridized carbons (Fsp3) is 0.176. The molecule has 0 atom stereocenters. The van der Waals surface area contributed by atoms with Gasteiger partial charge in [-0.1, -0.05) is 0 Å². The second-order valence-corrected chi connectivity index (χ2v) is 8.11. The quantitative estimate of drug-likeness (QED) is 0.332. The zero-order valence-corrected chi connectivity index (χ0v) is 18.2. The molecule has 1 N–H and O–H groups in total. The summed E-state index contributed by atoms with van der Waals surface area (Å²) >= 11 is 3.73. The topological polar surface area (TPSA) is 57.6 Å². The van der Waals surface area contributed by atoms with Gasteiger partial charge in [0.1, 0.15) is 0 Å². The van der Waals surface area contributed by atoms with Crippen molar-refractivity contribution >= 4 is 68.4 Å². The molecule has 156 valence electrons. The number of hydrogen-bond acceptors (Lipinski definition) is 2. The zero-order chi connectivity index (χ0) is 22.2. The van der Waals surface area contributed by atoms with E-state index < -0.39 is 29.6 Å². The van der Waals surface area contributed by atoms with Crippen molar-refractivity contribution in [3.05, 3.63) is 55.7 Å². The Bertz CT molecular complexity index is 874. The SMILES string of the molecule is O=C(O)C(F)(F)C(F)(F)C(F)(F)C(=O)N(c1ccc(I)cc1)c1ccc(I)cc1. The summed E-state index contributed by atoms with van der Waals surface area (Å²) in [5, 5.41) is 8.27. The van der Waals surface area contributed by atoms with Gasteiger partial charge in [-0.2, -0.15) is 26.3 Å². The third-order valence-corrected chi connectivity index (χ3v) is 5.14. The fourth-order valence-corrected chi connectivity index (χ4v) is 2.89. The van der Waals surface area contributed by atoms with Crippen LogP contribution in [0.3, 0.4) is 0 Å². The van der Waals surface area contributed by atoms with Crippen LogP contribution in [0.2, 0.25) is 0 Å². The molecule has 0 radical (unpaired) electrons. The minimum atomic E-state index is -6.49. The van der Waals surface area contributed by atoms with Gasteiger partial charge in [0.2, 0.25) is 0 Å². The molecule has 2 aromatic rings. The number of carboxylic acids is 1. The van der Waals surface area contributed by atoms with Crippen LogP contribution >= 0.6 is 45.2 Å². The van der Waals surface area contributed by atoms with E-state index in [0.29, 0.717) is 7.14 Å². The summed E-state index contributed by atoms with van der Waals surface area (Å²) in [5.74, 6) is -24.9. The second-order valence-electron chi connectivity index (χ2n) is 5.62. The molecule has 0 unspecified atom stereocenters. The molecule has 4 nitrogen and oxygen atoms in total. The standard InChI is InChI=1S/C17H9F6I2NO3/c18-15(19,17(22,23)16(20,21)14(28)29)13(27)26(11-5-1-9(24)2-6-11)12-7-3-10(25)4-8-12/h1-8H,(H,28,29). The summed E-state index contributed by atoms with van der Waals surface area (Å²) in [6.45, 7) is 0. The number of carbonyl (C=O) groups is 2. The third-order valence-electron chi connectivity index (χ3n) is 3.70. The fourth-order valence-electron chi connectivity index (χ4n) is 2.17. The van der Waals surface area contributed by atoms with Crippen molar-refractivity contribution in [3.8, 4) is 0 Å². The van der Waals surface area contributed by atoms with Gasteiger partial charge in [0.25, 0.3) is 0 Å². The summed E-state index contributed by atoms with van der Waals surface area (Å²) in [6.07, 6.45) is 0. The number of hydrogen-bond donors (Lipinski definition) is 1. The molecule has 1 amide bonds. The van der Waals surface area contributed by atoms with Crippen LogP contribution in [0.15, 0.2) is 48.5 Å². The predicted molar refractivity (Wildman–Crippen MR) is 108 cm³/mol. The molecule has 0 fully saturated rings. The number of alkyl halides is 6. The van der Waals surface area contributed by atoms with Gasteiger partial charge in [-0.15, -0.1) is 0 Å². The first kappa shape index (κ1) is 23.7. The highest BCUT2D eigenvalue weighted by atomic mass is 127. The van der Waals surface area contributed by atoms with E-state index in [1.165, 1.54) is 24.3 Å². The van der Waals surface area contributed by atoms with E-state index in [-0.39, 0.29) is 16.3 Å². The predicted octanol–water partition coefficient (Wildman–Crippen LogP) is 5.55. The van der Waals surface area contributed by atoms with E-state index in [0.717, 1.165) is 24.3 Å². The molecule has 2 rings (SSSR count). The van der Waals surface area contributed by atoms with Crippen molar-refractivity contribution < 1.29 is 41.0 Å². The average Bonchev–Trinajstić information content (AvgIpc) is 2.64. The van der Waals surface area contributed by atoms with Crippen molar-refractivity contribution in [1.82, 2.24) is 0 Å². The molecule has 2 aromatic carbocycles. The zero-order valence-electron chi connectivity index (χ0n) is 13.9. The van der Waals surface area contributed by atoms with Crippen LogP contribution < -0.4 is 4.90 Å². The number of carboxylic acid groups (broad SMARTS) is 1. The maximum absolute atomic E-state index is 14.3. The van der Waals surface area contributed by atoms with Crippen molar-refractivity contribution in [3.63, 3.8) is 0 Å². The van der Waals surface area contributed by atoms with Crippen LogP contribution in [-0.2, 0) is 9.59 Å². The van der Waals surface area contributed by atoms with Crippen LogP contribution in [0.25, 0.3) is 0 Å². The lowest BCUT2D eigenvalue weighted by molar-refractivity contribution is -0.291. The largest absolute Gasteiger partial charge is 0.477 e. The molecule has 0 heterocycles. The number of aliphatic carboxylic acids is 1. The molecule has 29 heavy (non-hydrogen) atoms. The summed E-state index contributed by atoms with van der Waals surface area (Å²) in [6, 6.07) is 10.1. The minimum absolute atomic E-state index is 0.137. The number of rotatable bonds is 6. The lowest BCUT2D eigenvalue weighted by atomic mass is 10.0. The molecule has 0 aliphatic rings. The second kappa shape index (κ2) is 8.28. The highest BCUT2D eigenvalue weighted by Crippen LogP contribution is 2.48. The average molecular weight is 643 g/mol. The number of halogens is 8. The Labute approximate surface area is 187 Å². The molecule has 0 saturated heterocycles. The summed E-state index contributed by atoms with van der Waals surface area (Å²) in [4.78, 5) is 23.0. The first-order valence-electron chi connectivity index (χ1n) is 7.46. The first-order valence-corrected chi connectivity index (χ1v) is 9.61. The van der Waals surface area contributed by atoms with Crippen LogP contribution in [0, 0.1) is 7.14 Å². The first-order chi connectivity index (χ1) is 13.2. The summed E-state index contributed by atoms with van der Waals surface area (Å²) in [5.41, 5.74) is -0.600. The normalized spacial score (nSPS) is 12.6. The number of nitrogens with zero attached hydrogens (tertiary/aromatic N) is 1. The number of amides is 1. The lowest BCUT2D eigenvalue weighted by Gasteiger charge is -2.33.